The number of aromatic hydroxyl groups is 1. The lowest BCUT2D eigenvalue weighted by molar-refractivity contribution is 0.0972. The maximum Gasteiger partial charge on any atom is 0.172 e. The number of ketones is 1. The zero-order valence-electron chi connectivity index (χ0n) is 12.1. The molecule has 0 saturated carbocycles. The second kappa shape index (κ2) is 6.01. The molecule has 0 fully saturated rings. The van der Waals surface area contributed by atoms with Crippen LogP contribution in [0.1, 0.15) is 35.3 Å². The van der Waals surface area contributed by atoms with Gasteiger partial charge in [0.1, 0.15) is 0 Å². The SMILES string of the molecule is CCOc1cc(C2CC(=O)c3ccccc3N2)cc(Br)c1O. The van der Waals surface area contributed by atoms with E-state index in [9.17, 15) is 9.90 Å². The number of hydrogen-bond donors (Lipinski definition) is 2. The summed E-state index contributed by atoms with van der Waals surface area (Å²) in [7, 11) is 0. The minimum absolute atomic E-state index is 0.0770. The van der Waals surface area contributed by atoms with Crippen molar-refractivity contribution in [2.24, 2.45) is 0 Å². The molecule has 0 radical (unpaired) electrons. The summed E-state index contributed by atoms with van der Waals surface area (Å²) in [6.07, 6.45) is 0.375. The lowest BCUT2D eigenvalue weighted by Crippen LogP contribution is -2.22. The number of ether oxygens (including phenoxy) is 1. The Morgan fingerprint density at radius 1 is 1.36 bits per heavy atom. The lowest BCUT2D eigenvalue weighted by atomic mass is 9.92. The molecule has 1 heterocycles. The molecule has 3 rings (SSSR count). The largest absolute Gasteiger partial charge is 0.503 e. The number of halogens is 1. The van der Waals surface area contributed by atoms with Crippen LogP contribution in [0.15, 0.2) is 40.9 Å². The first kappa shape index (κ1) is 14.9. The maximum absolute atomic E-state index is 12.3. The van der Waals surface area contributed by atoms with Gasteiger partial charge in [-0.1, -0.05) is 12.1 Å². The van der Waals surface area contributed by atoms with E-state index in [0.717, 1.165) is 16.8 Å². The third-order valence-corrected chi connectivity index (χ3v) is 4.30. The van der Waals surface area contributed by atoms with Crippen LogP contribution in [0.4, 0.5) is 5.69 Å². The van der Waals surface area contributed by atoms with Gasteiger partial charge in [0, 0.05) is 17.7 Å². The van der Waals surface area contributed by atoms with E-state index in [0.29, 0.717) is 23.2 Å². The highest BCUT2D eigenvalue weighted by atomic mass is 79.9. The third kappa shape index (κ3) is 2.68. The van der Waals surface area contributed by atoms with E-state index in [4.69, 9.17) is 4.74 Å². The molecule has 22 heavy (non-hydrogen) atoms. The van der Waals surface area contributed by atoms with Gasteiger partial charge in [-0.05, 0) is 52.7 Å². The Kier molecular flexibility index (Phi) is 4.07. The van der Waals surface area contributed by atoms with Gasteiger partial charge in [-0.3, -0.25) is 4.79 Å². The van der Waals surface area contributed by atoms with Gasteiger partial charge in [0.2, 0.25) is 0 Å². The van der Waals surface area contributed by atoms with E-state index in [2.05, 4.69) is 21.2 Å². The minimum atomic E-state index is -0.140. The number of Topliss-reactive ketones (excluding diaryl/α,β-unsaturated/α-hetero) is 1. The summed E-state index contributed by atoms with van der Waals surface area (Å²) in [6, 6.07) is 11.0. The van der Waals surface area contributed by atoms with Crippen molar-refractivity contribution in [1.82, 2.24) is 0 Å². The Morgan fingerprint density at radius 3 is 2.91 bits per heavy atom. The van der Waals surface area contributed by atoms with Gasteiger partial charge in [-0.25, -0.2) is 0 Å². The van der Waals surface area contributed by atoms with Crippen molar-refractivity contribution < 1.29 is 14.6 Å². The number of phenolic OH excluding ortho intramolecular Hbond substituents is 1. The van der Waals surface area contributed by atoms with Gasteiger partial charge in [0.15, 0.2) is 17.3 Å². The number of fused-ring (bicyclic) bond motifs is 1. The Hall–Kier alpha value is -2.01. The highest BCUT2D eigenvalue weighted by Gasteiger charge is 2.26. The number of nitrogens with one attached hydrogen (secondary N) is 1. The molecule has 0 aliphatic carbocycles. The normalized spacial score (nSPS) is 16.8. The second-order valence-corrected chi connectivity index (χ2v) is 6.01. The highest BCUT2D eigenvalue weighted by molar-refractivity contribution is 9.10. The van der Waals surface area contributed by atoms with E-state index < -0.39 is 0 Å². The molecule has 2 N–H and O–H groups in total. The summed E-state index contributed by atoms with van der Waals surface area (Å²) in [6.45, 7) is 2.32. The van der Waals surface area contributed by atoms with Crippen LogP contribution < -0.4 is 10.1 Å². The van der Waals surface area contributed by atoms with Crippen molar-refractivity contribution in [2.75, 3.05) is 11.9 Å². The van der Waals surface area contributed by atoms with E-state index in [-0.39, 0.29) is 17.6 Å². The molecular formula is C17H16BrNO3. The van der Waals surface area contributed by atoms with Crippen LogP contribution in [0, 0.1) is 0 Å². The molecule has 0 saturated heterocycles. The molecule has 4 nitrogen and oxygen atoms in total. The van der Waals surface area contributed by atoms with Crippen molar-refractivity contribution in [1.29, 1.82) is 0 Å². The fraction of sp³-hybridized carbons (Fsp3) is 0.235. The van der Waals surface area contributed by atoms with Gasteiger partial charge in [0.05, 0.1) is 17.1 Å². The fourth-order valence-corrected chi connectivity index (χ4v) is 3.11. The van der Waals surface area contributed by atoms with Gasteiger partial charge in [-0.2, -0.15) is 0 Å². The Labute approximate surface area is 137 Å². The molecule has 114 valence electrons. The van der Waals surface area contributed by atoms with E-state index >= 15 is 0 Å². The molecule has 1 atom stereocenters. The Bertz CT molecular complexity index is 730. The Morgan fingerprint density at radius 2 is 2.14 bits per heavy atom. The van der Waals surface area contributed by atoms with Crippen molar-refractivity contribution in [3.63, 3.8) is 0 Å². The first-order valence-electron chi connectivity index (χ1n) is 7.14. The first-order valence-corrected chi connectivity index (χ1v) is 7.93. The summed E-state index contributed by atoms with van der Waals surface area (Å²) in [5, 5.41) is 13.4. The van der Waals surface area contributed by atoms with Crippen molar-refractivity contribution in [2.45, 2.75) is 19.4 Å². The molecule has 0 aromatic heterocycles. The number of para-hydroxylation sites is 1. The first-order chi connectivity index (χ1) is 10.6. The monoisotopic (exact) mass is 361 g/mol. The third-order valence-electron chi connectivity index (χ3n) is 3.70. The molecule has 0 bridgehead atoms. The number of phenols is 1. The van der Waals surface area contributed by atoms with E-state index in [1.165, 1.54) is 0 Å². The van der Waals surface area contributed by atoms with Gasteiger partial charge < -0.3 is 15.2 Å². The number of rotatable bonds is 3. The summed E-state index contributed by atoms with van der Waals surface area (Å²) in [5.74, 6) is 0.606. The number of benzene rings is 2. The number of anilines is 1. The van der Waals surface area contributed by atoms with Crippen LogP contribution in [0.25, 0.3) is 0 Å². The topological polar surface area (TPSA) is 58.6 Å². The minimum Gasteiger partial charge on any atom is -0.503 e. The van der Waals surface area contributed by atoms with Gasteiger partial charge in [0.25, 0.3) is 0 Å². The highest BCUT2D eigenvalue weighted by Crippen LogP contribution is 2.40. The smallest absolute Gasteiger partial charge is 0.172 e. The molecule has 0 amide bonds. The molecule has 0 spiro atoms. The molecule has 1 aliphatic heterocycles. The summed E-state index contributed by atoms with van der Waals surface area (Å²) in [4.78, 5) is 12.3. The van der Waals surface area contributed by atoms with E-state index in [1.807, 2.05) is 37.3 Å². The molecule has 2 aromatic rings. The lowest BCUT2D eigenvalue weighted by Gasteiger charge is -2.27. The average Bonchev–Trinajstić information content (AvgIpc) is 2.52. The van der Waals surface area contributed by atoms with Crippen LogP contribution in [0.5, 0.6) is 11.5 Å². The van der Waals surface area contributed by atoms with Gasteiger partial charge >= 0.3 is 0 Å². The molecular weight excluding hydrogens is 346 g/mol. The quantitative estimate of drug-likeness (QED) is 0.855. The maximum atomic E-state index is 12.3. The van der Waals surface area contributed by atoms with Crippen LogP contribution in [0.2, 0.25) is 0 Å². The standard InChI is InChI=1S/C17H16BrNO3/c1-2-22-16-8-10(7-12(18)17(16)21)14-9-15(20)11-5-3-4-6-13(11)19-14/h3-8,14,19,21H,2,9H2,1H3. The van der Waals surface area contributed by atoms with Crippen molar-refractivity contribution in [3.8, 4) is 11.5 Å². The van der Waals surface area contributed by atoms with Crippen LogP contribution in [-0.4, -0.2) is 17.5 Å². The second-order valence-electron chi connectivity index (χ2n) is 5.15. The summed E-state index contributed by atoms with van der Waals surface area (Å²) in [5.41, 5.74) is 2.46. The number of hydrogen-bond acceptors (Lipinski definition) is 4. The summed E-state index contributed by atoms with van der Waals surface area (Å²) < 4.78 is 6.01. The van der Waals surface area contributed by atoms with Crippen LogP contribution in [0.3, 0.4) is 0 Å². The van der Waals surface area contributed by atoms with Crippen LogP contribution >= 0.6 is 15.9 Å². The van der Waals surface area contributed by atoms with Crippen molar-refractivity contribution in [3.05, 3.63) is 52.0 Å². The average molecular weight is 362 g/mol. The number of carbonyl (C=O) groups is 1. The molecule has 2 aromatic carbocycles. The predicted molar refractivity (Wildman–Crippen MR) is 88.7 cm³/mol. The Balaban J connectivity index is 1.97. The fourth-order valence-electron chi connectivity index (χ4n) is 2.65. The molecule has 5 heteroatoms. The number of carbonyl (C=O) groups excluding carboxylic acids is 1. The zero-order valence-corrected chi connectivity index (χ0v) is 13.7. The predicted octanol–water partition coefficient (Wildman–Crippen LogP) is 4.29. The zero-order chi connectivity index (χ0) is 15.7. The van der Waals surface area contributed by atoms with Crippen LogP contribution in [-0.2, 0) is 0 Å². The van der Waals surface area contributed by atoms with E-state index in [1.54, 1.807) is 6.07 Å². The summed E-state index contributed by atoms with van der Waals surface area (Å²) >= 11 is 3.34. The molecule has 1 aliphatic rings. The molecule has 1 unspecified atom stereocenters. The van der Waals surface area contributed by atoms with Crippen molar-refractivity contribution >= 4 is 27.4 Å². The van der Waals surface area contributed by atoms with Gasteiger partial charge in [-0.15, -0.1) is 0 Å².